The van der Waals surface area contributed by atoms with E-state index >= 15 is 0 Å². The quantitative estimate of drug-likeness (QED) is 0.662. The fourth-order valence-corrected chi connectivity index (χ4v) is 2.16. The fraction of sp³-hybridized carbons (Fsp3) is 0.455. The van der Waals surface area contributed by atoms with E-state index in [9.17, 15) is 14.5 Å². The normalized spacial score (nSPS) is 17.7. The Labute approximate surface area is 117 Å². The number of nitrogens with one attached hydrogen (secondary N) is 1. The molecule has 6 nitrogen and oxygen atoms in total. The van der Waals surface area contributed by atoms with E-state index in [0.717, 1.165) is 6.42 Å². The second kappa shape index (κ2) is 5.70. The van der Waals surface area contributed by atoms with Gasteiger partial charge in [-0.15, -0.1) is 0 Å². The molecule has 8 heteroatoms. The van der Waals surface area contributed by atoms with Crippen LogP contribution in [0.25, 0.3) is 0 Å². The van der Waals surface area contributed by atoms with Crippen LogP contribution in [-0.4, -0.2) is 31.3 Å². The summed E-state index contributed by atoms with van der Waals surface area (Å²) in [6.45, 7) is 0.982. The van der Waals surface area contributed by atoms with Crippen LogP contribution in [0, 0.1) is 15.9 Å². The Morgan fingerprint density at radius 3 is 2.89 bits per heavy atom. The lowest BCUT2D eigenvalue weighted by atomic mass is 10.1. The molecule has 1 aromatic rings. The van der Waals surface area contributed by atoms with Crippen LogP contribution in [0.3, 0.4) is 0 Å². The van der Waals surface area contributed by atoms with Gasteiger partial charge in [-0.3, -0.25) is 10.1 Å². The minimum atomic E-state index is -0.716. The molecular formula is C11H12BrFN2O4. The zero-order valence-electron chi connectivity index (χ0n) is 10.1. The third kappa shape index (κ3) is 2.79. The molecule has 1 saturated heterocycles. The molecule has 1 atom stereocenters. The third-order valence-corrected chi connectivity index (χ3v) is 3.44. The first kappa shape index (κ1) is 14.0. The van der Waals surface area contributed by atoms with Crippen LogP contribution in [0.4, 0.5) is 15.8 Å². The third-order valence-electron chi connectivity index (χ3n) is 2.86. The highest BCUT2D eigenvalue weighted by Gasteiger charge is 2.28. The maximum atomic E-state index is 14.0. The van der Waals surface area contributed by atoms with Gasteiger partial charge in [-0.05, 0) is 22.4 Å². The molecule has 1 aliphatic rings. The molecule has 0 bridgehead atoms. The average Bonchev–Trinajstić information content (AvgIpc) is 2.31. The zero-order valence-corrected chi connectivity index (χ0v) is 11.7. The Bertz CT molecular complexity index is 508. The van der Waals surface area contributed by atoms with Gasteiger partial charge < -0.3 is 14.8 Å². The smallest absolute Gasteiger partial charge is 0.336 e. The maximum absolute atomic E-state index is 14.0. The number of methoxy groups -OCH3 is 1. The van der Waals surface area contributed by atoms with Gasteiger partial charge in [0, 0.05) is 19.2 Å². The molecule has 1 fully saturated rings. The Balaban J connectivity index is 2.36. The summed E-state index contributed by atoms with van der Waals surface area (Å²) in [5, 5.41) is 13.8. The topological polar surface area (TPSA) is 73.6 Å². The highest BCUT2D eigenvalue weighted by molar-refractivity contribution is 9.10. The van der Waals surface area contributed by atoms with Crippen LogP contribution >= 0.6 is 15.9 Å². The summed E-state index contributed by atoms with van der Waals surface area (Å²) in [7, 11) is 1.30. The molecule has 0 spiro atoms. The van der Waals surface area contributed by atoms with Crippen LogP contribution in [0.2, 0.25) is 0 Å². The molecule has 1 heterocycles. The summed E-state index contributed by atoms with van der Waals surface area (Å²) < 4.78 is 24.2. The molecule has 1 aliphatic heterocycles. The number of nitro groups is 1. The Morgan fingerprint density at radius 2 is 2.42 bits per heavy atom. The summed E-state index contributed by atoms with van der Waals surface area (Å²) >= 11 is 3.01. The number of benzene rings is 1. The Hall–Kier alpha value is -1.41. The summed E-state index contributed by atoms with van der Waals surface area (Å²) in [4.78, 5) is 10.4. The molecular weight excluding hydrogens is 323 g/mol. The first-order valence-electron chi connectivity index (χ1n) is 5.60. The lowest BCUT2D eigenvalue weighted by molar-refractivity contribution is -0.385. The van der Waals surface area contributed by atoms with Gasteiger partial charge >= 0.3 is 5.69 Å². The molecule has 0 amide bonds. The van der Waals surface area contributed by atoms with Crippen molar-refractivity contribution in [3.63, 3.8) is 0 Å². The van der Waals surface area contributed by atoms with E-state index in [1.807, 2.05) is 0 Å². The van der Waals surface area contributed by atoms with Crippen molar-refractivity contribution in [3.8, 4) is 5.75 Å². The van der Waals surface area contributed by atoms with Crippen molar-refractivity contribution in [3.05, 3.63) is 26.5 Å². The first-order chi connectivity index (χ1) is 9.04. The van der Waals surface area contributed by atoms with Crippen LogP contribution in [0.5, 0.6) is 5.75 Å². The standard InChI is InChI=1S/C11H12BrFN2O4/c1-18-8-4-7(12)9(13)10(11(8)15(16)17)14-5-6-2-3-19-6/h4,6,14H,2-3,5H2,1H3/t6-/m1/s1. The van der Waals surface area contributed by atoms with Crippen molar-refractivity contribution in [1.82, 2.24) is 0 Å². The number of rotatable bonds is 5. The van der Waals surface area contributed by atoms with E-state index in [1.165, 1.54) is 13.2 Å². The number of ether oxygens (including phenoxy) is 2. The van der Waals surface area contributed by atoms with Gasteiger partial charge in [0.05, 0.1) is 22.6 Å². The average molecular weight is 335 g/mol. The van der Waals surface area contributed by atoms with Gasteiger partial charge in [-0.1, -0.05) is 0 Å². The molecule has 0 saturated carbocycles. The van der Waals surface area contributed by atoms with Crippen molar-refractivity contribution < 1.29 is 18.8 Å². The largest absolute Gasteiger partial charge is 0.490 e. The summed E-state index contributed by atoms with van der Waals surface area (Å²) in [5.74, 6) is -0.720. The van der Waals surface area contributed by atoms with Crippen molar-refractivity contribution in [1.29, 1.82) is 0 Å². The number of hydrogen-bond acceptors (Lipinski definition) is 5. The van der Waals surface area contributed by atoms with E-state index in [0.29, 0.717) is 13.2 Å². The van der Waals surface area contributed by atoms with E-state index in [2.05, 4.69) is 21.2 Å². The monoisotopic (exact) mass is 334 g/mol. The maximum Gasteiger partial charge on any atom is 0.336 e. The van der Waals surface area contributed by atoms with Crippen molar-refractivity contribution >= 4 is 27.3 Å². The van der Waals surface area contributed by atoms with Crippen LogP contribution in [-0.2, 0) is 4.74 Å². The molecule has 0 aliphatic carbocycles. The van der Waals surface area contributed by atoms with Gasteiger partial charge in [-0.25, -0.2) is 4.39 Å². The second-order valence-corrected chi connectivity index (χ2v) is 4.87. The number of nitrogens with zero attached hydrogens (tertiary/aromatic N) is 1. The van der Waals surface area contributed by atoms with E-state index in [4.69, 9.17) is 9.47 Å². The van der Waals surface area contributed by atoms with Gasteiger partial charge in [-0.2, -0.15) is 0 Å². The number of halogens is 2. The minimum Gasteiger partial charge on any atom is -0.490 e. The number of hydrogen-bond donors (Lipinski definition) is 1. The van der Waals surface area contributed by atoms with Crippen LogP contribution in [0.1, 0.15) is 6.42 Å². The SMILES string of the molecule is COc1cc(Br)c(F)c(NC[C@H]2CCO2)c1[N+](=O)[O-]. The highest BCUT2D eigenvalue weighted by Crippen LogP contribution is 2.40. The predicted molar refractivity (Wildman–Crippen MR) is 70.2 cm³/mol. The lowest BCUT2D eigenvalue weighted by Gasteiger charge is -2.27. The molecule has 0 aromatic heterocycles. The number of anilines is 1. The first-order valence-corrected chi connectivity index (χ1v) is 6.39. The molecule has 1 aromatic carbocycles. The van der Waals surface area contributed by atoms with E-state index in [-0.39, 0.29) is 22.0 Å². The Morgan fingerprint density at radius 1 is 1.74 bits per heavy atom. The van der Waals surface area contributed by atoms with Crippen molar-refractivity contribution in [2.75, 3.05) is 25.6 Å². The highest BCUT2D eigenvalue weighted by atomic mass is 79.9. The second-order valence-electron chi connectivity index (χ2n) is 4.02. The van der Waals surface area contributed by atoms with Gasteiger partial charge in [0.25, 0.3) is 0 Å². The van der Waals surface area contributed by atoms with Gasteiger partial charge in [0.1, 0.15) is 0 Å². The van der Waals surface area contributed by atoms with Gasteiger partial charge in [0.15, 0.2) is 17.3 Å². The predicted octanol–water partition coefficient (Wildman–Crippen LogP) is 2.71. The molecule has 19 heavy (non-hydrogen) atoms. The van der Waals surface area contributed by atoms with E-state index < -0.39 is 16.4 Å². The van der Waals surface area contributed by atoms with Crippen molar-refractivity contribution in [2.45, 2.75) is 12.5 Å². The fourth-order valence-electron chi connectivity index (χ4n) is 1.75. The molecule has 1 N–H and O–H groups in total. The van der Waals surface area contributed by atoms with Crippen LogP contribution in [0.15, 0.2) is 10.5 Å². The Kier molecular flexibility index (Phi) is 4.20. The number of nitro benzene ring substituents is 1. The molecule has 104 valence electrons. The van der Waals surface area contributed by atoms with E-state index in [1.54, 1.807) is 0 Å². The molecule has 0 radical (unpaired) electrons. The minimum absolute atomic E-state index is 0.00435. The summed E-state index contributed by atoms with van der Waals surface area (Å²) in [5.41, 5.74) is -0.603. The molecule has 2 rings (SSSR count). The molecule has 0 unspecified atom stereocenters. The van der Waals surface area contributed by atoms with Crippen LogP contribution < -0.4 is 10.1 Å². The van der Waals surface area contributed by atoms with Gasteiger partial charge in [0.2, 0.25) is 0 Å². The van der Waals surface area contributed by atoms with Crippen molar-refractivity contribution in [2.24, 2.45) is 0 Å². The summed E-state index contributed by atoms with van der Waals surface area (Å²) in [6.07, 6.45) is 0.817. The summed E-state index contributed by atoms with van der Waals surface area (Å²) in [6, 6.07) is 1.23. The zero-order chi connectivity index (χ0) is 14.0. The lowest BCUT2D eigenvalue weighted by Crippen LogP contribution is -2.33.